The highest BCUT2D eigenvalue weighted by molar-refractivity contribution is 6.35. The van der Waals surface area contributed by atoms with Crippen LogP contribution >= 0.6 is 0 Å². The molecule has 1 aliphatic heterocycles. The lowest BCUT2D eigenvalue weighted by Gasteiger charge is -2.31. The minimum Gasteiger partial charge on any atom is -0.466 e. The van der Waals surface area contributed by atoms with Gasteiger partial charge in [0.15, 0.2) is 0 Å². The predicted molar refractivity (Wildman–Crippen MR) is 113 cm³/mol. The first-order chi connectivity index (χ1) is 14.0. The molecular weight excluding hydrogens is 366 g/mol. The Morgan fingerprint density at radius 2 is 1.90 bits per heavy atom. The summed E-state index contributed by atoms with van der Waals surface area (Å²) >= 11 is 0. The molecule has 1 saturated heterocycles. The van der Waals surface area contributed by atoms with Gasteiger partial charge in [-0.15, -0.1) is 0 Å². The van der Waals surface area contributed by atoms with Gasteiger partial charge in [0, 0.05) is 25.2 Å². The Hall–Kier alpha value is -2.08. The third kappa shape index (κ3) is 6.74. The van der Waals surface area contributed by atoms with Gasteiger partial charge in [-0.3, -0.25) is 14.5 Å². The number of likely N-dealkylation sites (tertiary alicyclic amines) is 1. The zero-order valence-electron chi connectivity index (χ0n) is 17.9. The fraction of sp³-hybridized carbons (Fsp3) is 0.652. The van der Waals surface area contributed by atoms with E-state index in [0.29, 0.717) is 19.0 Å². The number of hydrogen-bond donors (Lipinski definition) is 2. The molecule has 0 spiro atoms. The van der Waals surface area contributed by atoms with Gasteiger partial charge < -0.3 is 15.1 Å². The number of furan rings is 1. The first kappa shape index (κ1) is 21.6. The van der Waals surface area contributed by atoms with Crippen LogP contribution in [0.1, 0.15) is 62.0 Å². The molecule has 1 aliphatic carbocycles. The molecule has 2 aliphatic rings. The van der Waals surface area contributed by atoms with E-state index in [0.717, 1.165) is 63.3 Å². The van der Waals surface area contributed by atoms with Crippen molar-refractivity contribution in [2.24, 2.45) is 5.92 Å². The van der Waals surface area contributed by atoms with E-state index < -0.39 is 11.8 Å². The first-order valence-electron chi connectivity index (χ1n) is 11.0. The second-order valence-corrected chi connectivity index (χ2v) is 8.48. The van der Waals surface area contributed by atoms with Crippen molar-refractivity contribution in [1.82, 2.24) is 15.5 Å². The van der Waals surface area contributed by atoms with Crippen LogP contribution < -0.4 is 10.6 Å². The van der Waals surface area contributed by atoms with Gasteiger partial charge in [-0.05, 0) is 83.9 Å². The lowest BCUT2D eigenvalue weighted by atomic mass is 9.96. The molecule has 0 radical (unpaired) electrons. The van der Waals surface area contributed by atoms with E-state index in [1.54, 1.807) is 0 Å². The average molecular weight is 402 g/mol. The zero-order valence-corrected chi connectivity index (χ0v) is 17.9. The van der Waals surface area contributed by atoms with Gasteiger partial charge in [0.2, 0.25) is 0 Å². The number of carbonyl (C=O) groups is 2. The molecule has 2 N–H and O–H groups in total. The van der Waals surface area contributed by atoms with E-state index in [1.807, 2.05) is 13.8 Å². The summed E-state index contributed by atoms with van der Waals surface area (Å²) < 4.78 is 5.61. The van der Waals surface area contributed by atoms with Gasteiger partial charge in [-0.2, -0.15) is 0 Å². The Bertz CT molecular complexity index is 730. The number of piperidine rings is 1. The maximum Gasteiger partial charge on any atom is 0.309 e. The highest BCUT2D eigenvalue weighted by Gasteiger charge is 2.22. The predicted octanol–water partition coefficient (Wildman–Crippen LogP) is 3.23. The second kappa shape index (κ2) is 10.6. The maximum atomic E-state index is 12.1. The van der Waals surface area contributed by atoms with Crippen molar-refractivity contribution < 1.29 is 14.0 Å². The molecule has 0 aromatic carbocycles. The number of carbonyl (C=O) groups excluding carboxylic acids is 2. The molecule has 0 saturated carbocycles. The fourth-order valence-electron chi connectivity index (χ4n) is 4.30. The number of aryl methyl sites for hydroxylation is 2. The van der Waals surface area contributed by atoms with Crippen molar-refractivity contribution in [3.8, 4) is 0 Å². The SMILES string of the molecule is Cc1cc(CN2CCC(CNC(=O)C(=O)NCCC3=CCCCC3)CC2)c(C)o1. The number of nitrogens with one attached hydrogen (secondary N) is 2. The van der Waals surface area contributed by atoms with Crippen molar-refractivity contribution in [2.75, 3.05) is 26.2 Å². The lowest BCUT2D eigenvalue weighted by Crippen LogP contribution is -2.44. The van der Waals surface area contributed by atoms with Crippen LogP contribution in [0.3, 0.4) is 0 Å². The van der Waals surface area contributed by atoms with Crippen LogP contribution in [0.2, 0.25) is 0 Å². The Kier molecular flexibility index (Phi) is 7.92. The van der Waals surface area contributed by atoms with Crippen LogP contribution in [-0.4, -0.2) is 42.9 Å². The van der Waals surface area contributed by atoms with E-state index in [-0.39, 0.29) is 0 Å². The van der Waals surface area contributed by atoms with Crippen molar-refractivity contribution >= 4 is 11.8 Å². The zero-order chi connectivity index (χ0) is 20.6. The van der Waals surface area contributed by atoms with E-state index >= 15 is 0 Å². The summed E-state index contributed by atoms with van der Waals surface area (Å²) in [7, 11) is 0. The molecule has 0 atom stereocenters. The molecule has 1 fully saturated rings. The molecule has 0 bridgehead atoms. The van der Waals surface area contributed by atoms with Crippen LogP contribution in [0.15, 0.2) is 22.1 Å². The third-order valence-corrected chi connectivity index (χ3v) is 6.12. The number of hydrogen-bond acceptors (Lipinski definition) is 4. The number of amides is 2. The minimum absolute atomic E-state index is 0.433. The van der Waals surface area contributed by atoms with Crippen LogP contribution in [0, 0.1) is 19.8 Å². The molecule has 6 nitrogen and oxygen atoms in total. The van der Waals surface area contributed by atoms with E-state index in [1.165, 1.54) is 24.0 Å². The highest BCUT2D eigenvalue weighted by atomic mass is 16.3. The van der Waals surface area contributed by atoms with E-state index in [9.17, 15) is 9.59 Å². The van der Waals surface area contributed by atoms with Gasteiger partial charge in [-0.1, -0.05) is 11.6 Å². The minimum atomic E-state index is -0.510. The molecular formula is C23H35N3O3. The van der Waals surface area contributed by atoms with Crippen LogP contribution in [0.5, 0.6) is 0 Å². The fourth-order valence-corrected chi connectivity index (χ4v) is 4.30. The van der Waals surface area contributed by atoms with Crippen LogP contribution in [0.4, 0.5) is 0 Å². The van der Waals surface area contributed by atoms with E-state index in [4.69, 9.17) is 4.42 Å². The Morgan fingerprint density at radius 1 is 1.14 bits per heavy atom. The normalized spacial score (nSPS) is 18.3. The quantitative estimate of drug-likeness (QED) is 0.543. The van der Waals surface area contributed by atoms with Crippen LogP contribution in [0.25, 0.3) is 0 Å². The van der Waals surface area contributed by atoms with Gasteiger partial charge in [-0.25, -0.2) is 0 Å². The van der Waals surface area contributed by atoms with Gasteiger partial charge >= 0.3 is 11.8 Å². The summed E-state index contributed by atoms with van der Waals surface area (Å²) in [5.41, 5.74) is 2.67. The van der Waals surface area contributed by atoms with Crippen LogP contribution in [-0.2, 0) is 16.1 Å². The summed E-state index contributed by atoms with van der Waals surface area (Å²) in [6.45, 7) is 8.05. The largest absolute Gasteiger partial charge is 0.466 e. The lowest BCUT2D eigenvalue weighted by molar-refractivity contribution is -0.139. The molecule has 6 heteroatoms. The summed E-state index contributed by atoms with van der Waals surface area (Å²) in [6, 6.07) is 2.12. The monoisotopic (exact) mass is 401 g/mol. The van der Waals surface area contributed by atoms with Crippen molar-refractivity contribution in [3.05, 3.63) is 34.8 Å². The number of rotatable bonds is 7. The van der Waals surface area contributed by atoms with Gasteiger partial charge in [0.05, 0.1) is 0 Å². The highest BCUT2D eigenvalue weighted by Crippen LogP contribution is 2.21. The molecule has 0 unspecified atom stereocenters. The average Bonchev–Trinajstić information content (AvgIpc) is 3.04. The molecule has 1 aromatic heterocycles. The standard InChI is InChI=1S/C23H35N3O3/c1-17-14-21(18(2)29-17)16-26-12-9-20(10-13-26)15-25-23(28)22(27)24-11-8-19-6-4-3-5-7-19/h6,14,20H,3-5,7-13,15-16H2,1-2H3,(H,24,27)(H,25,28). The number of nitrogens with zero attached hydrogens (tertiary/aromatic N) is 1. The summed E-state index contributed by atoms with van der Waals surface area (Å²) in [5, 5.41) is 5.57. The molecule has 2 heterocycles. The topological polar surface area (TPSA) is 74.6 Å². The molecule has 3 rings (SSSR count). The molecule has 1 aromatic rings. The van der Waals surface area contributed by atoms with E-state index in [2.05, 4.69) is 27.7 Å². The molecule has 2 amide bonds. The number of allylic oxidation sites excluding steroid dienone is 1. The van der Waals surface area contributed by atoms with Crippen molar-refractivity contribution in [1.29, 1.82) is 0 Å². The Balaban J connectivity index is 1.30. The maximum absolute atomic E-state index is 12.1. The molecule has 29 heavy (non-hydrogen) atoms. The third-order valence-electron chi connectivity index (χ3n) is 6.12. The summed E-state index contributed by atoms with van der Waals surface area (Å²) in [5.74, 6) is 1.38. The van der Waals surface area contributed by atoms with Gasteiger partial charge in [0.1, 0.15) is 11.5 Å². The Morgan fingerprint density at radius 3 is 2.55 bits per heavy atom. The van der Waals surface area contributed by atoms with Crippen molar-refractivity contribution in [3.63, 3.8) is 0 Å². The van der Waals surface area contributed by atoms with Crippen molar-refractivity contribution in [2.45, 2.75) is 65.3 Å². The molecule has 160 valence electrons. The second-order valence-electron chi connectivity index (χ2n) is 8.48. The summed E-state index contributed by atoms with van der Waals surface area (Å²) in [6.07, 6.45) is 9.97. The first-order valence-corrected chi connectivity index (χ1v) is 11.0. The smallest absolute Gasteiger partial charge is 0.309 e. The van der Waals surface area contributed by atoms with Gasteiger partial charge in [0.25, 0.3) is 0 Å². The Labute approximate surface area is 174 Å². The summed E-state index contributed by atoms with van der Waals surface area (Å²) in [4.78, 5) is 26.5.